The predicted octanol–water partition coefficient (Wildman–Crippen LogP) is 2.05. The van der Waals surface area contributed by atoms with Crippen molar-refractivity contribution in [2.75, 3.05) is 19.8 Å². The molecule has 17 nitrogen and oxygen atoms in total. The third kappa shape index (κ3) is 8.76. The van der Waals surface area contributed by atoms with Gasteiger partial charge in [-0.3, -0.25) is 19.4 Å². The molecule has 1 aromatic heterocycles. The number of aliphatic hydroxyl groups is 8. The number of Topliss-reactive ketones (excluding diaryl/α,β-unsaturated/α-hetero) is 2. The molecule has 0 spiro atoms. The Balaban J connectivity index is 1.25. The van der Waals surface area contributed by atoms with Gasteiger partial charge in [0.25, 0.3) is 0 Å². The number of aliphatic hydroxyl groups excluding tert-OH is 5. The van der Waals surface area contributed by atoms with Gasteiger partial charge in [0.05, 0.1) is 54.3 Å². The molecular weight excluding hydrogens is 923 g/mol. The number of nitrogens with two attached hydrogens (primary N) is 2. The van der Waals surface area contributed by atoms with Crippen LogP contribution in [0.4, 0.5) is 0 Å². The molecule has 14 N–H and O–H groups in total. The van der Waals surface area contributed by atoms with Gasteiger partial charge in [0.15, 0.2) is 23.8 Å². The number of ketones is 2. The number of aliphatic imine (C=N–C) groups is 1. The van der Waals surface area contributed by atoms with Crippen molar-refractivity contribution >= 4 is 23.5 Å². The minimum atomic E-state index is -2.06. The average Bonchev–Trinajstić information content (AvgIpc) is 4.05. The molecule has 1 aliphatic heterocycles. The summed E-state index contributed by atoms with van der Waals surface area (Å²) in [4.78, 5) is 49.5. The van der Waals surface area contributed by atoms with Crippen molar-refractivity contribution in [3.8, 4) is 11.8 Å². The highest BCUT2D eigenvalue weighted by atomic mass is 16.5. The first-order chi connectivity index (χ1) is 34.1. The van der Waals surface area contributed by atoms with E-state index in [-0.39, 0.29) is 105 Å². The van der Waals surface area contributed by atoms with E-state index in [1.165, 1.54) is 12.5 Å². The van der Waals surface area contributed by atoms with E-state index < -0.39 is 112 Å². The number of rotatable bonds is 10. The minimum absolute atomic E-state index is 0.0214. The van der Waals surface area contributed by atoms with Crippen LogP contribution in [0, 0.1) is 87.8 Å². The Labute approximate surface area is 422 Å². The maximum atomic E-state index is 15.2. The fourth-order valence-electron chi connectivity index (χ4n) is 16.8. The van der Waals surface area contributed by atoms with Crippen molar-refractivity contribution in [1.29, 1.82) is 0 Å². The number of carbonyl (C=O) groups excluding carboxylic acids is 3. The fourth-order valence-corrected chi connectivity index (χ4v) is 16.8. The van der Waals surface area contributed by atoms with Gasteiger partial charge < -0.3 is 67.4 Å². The molecule has 0 bridgehead atoms. The second kappa shape index (κ2) is 19.9. The second-order valence-electron chi connectivity index (χ2n) is 24.0. The van der Waals surface area contributed by atoms with Crippen molar-refractivity contribution in [3.63, 3.8) is 0 Å². The summed E-state index contributed by atoms with van der Waals surface area (Å²) < 4.78 is 5.86. The number of carbonyl (C=O) groups is 3. The van der Waals surface area contributed by atoms with Crippen LogP contribution < -0.4 is 16.8 Å². The van der Waals surface area contributed by atoms with Gasteiger partial charge in [-0.2, -0.15) is 0 Å². The predicted molar refractivity (Wildman–Crippen MR) is 264 cm³/mol. The maximum Gasteiger partial charge on any atom is 0.313 e. The summed E-state index contributed by atoms with van der Waals surface area (Å²) in [5, 5.41) is 99.7. The van der Waals surface area contributed by atoms with E-state index in [0.29, 0.717) is 25.2 Å². The van der Waals surface area contributed by atoms with Gasteiger partial charge in [0.2, 0.25) is 0 Å². The van der Waals surface area contributed by atoms with E-state index in [0.717, 1.165) is 24.8 Å². The van der Waals surface area contributed by atoms with Crippen LogP contribution in [-0.4, -0.2) is 131 Å². The van der Waals surface area contributed by atoms with Crippen LogP contribution in [0.5, 0.6) is 0 Å². The molecular formula is C55H79N5O12. The van der Waals surface area contributed by atoms with Gasteiger partial charge in [-0.25, -0.2) is 0 Å². The highest BCUT2D eigenvalue weighted by Crippen LogP contribution is 2.72. The van der Waals surface area contributed by atoms with E-state index in [1.54, 1.807) is 19.3 Å². The largest absolute Gasteiger partial charge is 0.465 e. The first-order valence-electron chi connectivity index (χ1n) is 26.6. The molecule has 8 aliphatic rings. The van der Waals surface area contributed by atoms with E-state index in [1.807, 2.05) is 13.0 Å². The normalized spacial score (nSPS) is 44.3. The van der Waals surface area contributed by atoms with Crippen molar-refractivity contribution in [2.45, 2.75) is 159 Å². The summed E-state index contributed by atoms with van der Waals surface area (Å²) in [7, 11) is 0. The third-order valence-corrected chi connectivity index (χ3v) is 20.2. The minimum Gasteiger partial charge on any atom is -0.465 e. The Hall–Kier alpha value is -4.12. The van der Waals surface area contributed by atoms with Gasteiger partial charge in [-0.05, 0) is 149 Å². The number of hydrogen-bond acceptors (Lipinski definition) is 14. The quantitative estimate of drug-likeness (QED) is 0.0399. The van der Waals surface area contributed by atoms with Crippen LogP contribution in [0.2, 0.25) is 0 Å². The molecule has 1 saturated heterocycles. The summed E-state index contributed by atoms with van der Waals surface area (Å²) in [5.74, 6) is 0.332. The van der Waals surface area contributed by atoms with Crippen molar-refractivity contribution in [3.05, 3.63) is 46.9 Å². The van der Waals surface area contributed by atoms with Gasteiger partial charge in [-0.1, -0.05) is 31.4 Å². The lowest BCUT2D eigenvalue weighted by molar-refractivity contribution is -0.197. The summed E-state index contributed by atoms with van der Waals surface area (Å²) in [6.07, 6.45) is 4.26. The van der Waals surface area contributed by atoms with Crippen LogP contribution in [-0.2, 0) is 19.1 Å². The number of fused-ring (bicyclic) bond motifs is 10. The third-order valence-electron chi connectivity index (χ3n) is 20.2. The van der Waals surface area contributed by atoms with Crippen LogP contribution in [0.25, 0.3) is 0 Å². The number of guanidine groups is 1. The molecule has 0 aromatic carbocycles. The number of hydrogen-bond donors (Lipinski definition) is 12. The Bertz CT molecular complexity index is 2390. The van der Waals surface area contributed by atoms with E-state index in [2.05, 4.69) is 40.1 Å². The fraction of sp³-hybridized carbons (Fsp3) is 0.745. The van der Waals surface area contributed by atoms with Gasteiger partial charge in [0.1, 0.15) is 6.04 Å². The Morgan fingerprint density at radius 3 is 2.46 bits per heavy atom. The van der Waals surface area contributed by atoms with Crippen molar-refractivity contribution in [2.24, 2.45) is 92.4 Å². The molecule has 17 heteroatoms. The van der Waals surface area contributed by atoms with Gasteiger partial charge >= 0.3 is 5.97 Å². The second-order valence-corrected chi connectivity index (χ2v) is 24.0. The molecule has 396 valence electrons. The summed E-state index contributed by atoms with van der Waals surface area (Å²) >= 11 is 0. The average molecular weight is 1000 g/mol. The molecule has 5 fully saturated rings. The van der Waals surface area contributed by atoms with Crippen LogP contribution in [0.3, 0.4) is 0 Å². The molecule has 72 heavy (non-hydrogen) atoms. The number of aromatic nitrogens is 1. The van der Waals surface area contributed by atoms with Crippen LogP contribution >= 0.6 is 0 Å². The molecule has 20 unspecified atom stereocenters. The maximum absolute atomic E-state index is 15.2. The molecule has 2 heterocycles. The number of ether oxygens (including phenoxy) is 1. The zero-order valence-electron chi connectivity index (χ0n) is 42.3. The van der Waals surface area contributed by atoms with Crippen molar-refractivity contribution < 1.29 is 60.0 Å². The van der Waals surface area contributed by atoms with E-state index in [9.17, 15) is 50.4 Å². The Morgan fingerprint density at radius 1 is 1.01 bits per heavy atom. The van der Waals surface area contributed by atoms with Gasteiger partial charge in [-0.15, -0.1) is 5.92 Å². The molecule has 0 amide bonds. The number of nitrogens with zero attached hydrogens (tertiary/aromatic N) is 1. The number of allylic oxidation sites excluding steroid dienone is 3. The molecule has 7 aliphatic carbocycles. The first-order valence-corrected chi connectivity index (χ1v) is 26.6. The zero-order chi connectivity index (χ0) is 51.8. The lowest BCUT2D eigenvalue weighted by Gasteiger charge is -2.62. The molecule has 20 atom stereocenters. The Morgan fingerprint density at radius 2 is 1.78 bits per heavy atom. The molecule has 1 aromatic rings. The number of esters is 1. The summed E-state index contributed by atoms with van der Waals surface area (Å²) in [6, 6.07) is 0.640. The lowest BCUT2D eigenvalue weighted by Crippen LogP contribution is -2.66. The molecule has 9 rings (SSSR count). The van der Waals surface area contributed by atoms with Crippen LogP contribution in [0.15, 0.2) is 46.4 Å². The van der Waals surface area contributed by atoms with Crippen molar-refractivity contribution in [1.82, 2.24) is 10.3 Å². The Kier molecular flexibility index (Phi) is 14.5. The summed E-state index contributed by atoms with van der Waals surface area (Å²) in [6.45, 7) is 6.42. The number of nitrogens with one attached hydrogen (secondary N) is 2. The smallest absolute Gasteiger partial charge is 0.313 e. The topological polar surface area (TPSA) is 314 Å². The van der Waals surface area contributed by atoms with E-state index in [4.69, 9.17) is 16.2 Å². The van der Waals surface area contributed by atoms with Gasteiger partial charge in [0, 0.05) is 60.4 Å². The SMILES string of the molecule is CC(=O)C(CO)NC1=C2C(CCC3(CCN=C(N)N)C4C(CC#CC(C5COC(=O)C5c5cc[nH]c5)CC5C6CC(C)CCC6=CCC5C(C(O)O)CC(O)C4(C)O)CC23O)C2(C)CC(O)C(O)CC2C1=O. The highest BCUT2D eigenvalue weighted by molar-refractivity contribution is 6.00. The standard InChI is InChI=1S/C55H79N5O12/c1-27-8-9-29-10-11-33-35(34(29)18-27)19-30(37-26-72-50(69)44(37)32-13-16-58-24-32)6-5-7-31-22-55(71)45-38(52(3)23-42(64)41(63)21-39(52)47(66)46(45)60-40(25-61)28(2)62)12-14-54(55,15-17-59-51(56)57)48(31)53(4,70)43(65)20-36(33)49(67)68/h10,13,16,24,27,30-31,33-44,48-49,58,60-61,63-65,67-68,70-71H,7-9,11-12,14-15,17-23,25-26H2,1-4H3,(H4,56,57,59). The summed E-state index contributed by atoms with van der Waals surface area (Å²) in [5.41, 5.74) is 7.79. The monoisotopic (exact) mass is 1000 g/mol. The van der Waals surface area contributed by atoms with E-state index >= 15 is 4.79 Å². The number of aromatic amines is 1. The highest BCUT2D eigenvalue weighted by Gasteiger charge is 2.74. The molecule has 4 saturated carbocycles. The van der Waals surface area contributed by atoms with Crippen LogP contribution in [0.1, 0.15) is 123 Å². The lowest BCUT2D eigenvalue weighted by atomic mass is 9.44. The first kappa shape index (κ1) is 52.7. The molecule has 0 radical (unpaired) electrons. The number of cyclic esters (lactones) is 1. The zero-order valence-corrected chi connectivity index (χ0v) is 42.3. The number of H-pyrrole nitrogens is 1.